The van der Waals surface area contributed by atoms with Crippen molar-refractivity contribution >= 4 is 5.95 Å². The molecule has 6 nitrogen and oxygen atoms in total. The molecule has 21 heavy (non-hydrogen) atoms. The maximum absolute atomic E-state index is 5.68. The van der Waals surface area contributed by atoms with Gasteiger partial charge in [0.15, 0.2) is 0 Å². The van der Waals surface area contributed by atoms with Gasteiger partial charge in [0.05, 0.1) is 18.0 Å². The van der Waals surface area contributed by atoms with E-state index >= 15 is 0 Å². The number of hydrogen-bond donors (Lipinski definition) is 0. The fourth-order valence-electron chi connectivity index (χ4n) is 2.63. The van der Waals surface area contributed by atoms with E-state index in [4.69, 9.17) is 9.72 Å². The number of nitrogens with zero attached hydrogens (tertiary/aromatic N) is 5. The molecule has 2 aromatic rings. The number of rotatable bonds is 4. The van der Waals surface area contributed by atoms with Gasteiger partial charge in [0, 0.05) is 45.2 Å². The Morgan fingerprint density at radius 3 is 2.95 bits per heavy atom. The zero-order chi connectivity index (χ0) is 14.8. The minimum Gasteiger partial charge on any atom is -0.376 e. The highest BCUT2D eigenvalue weighted by Gasteiger charge is 2.19. The highest BCUT2D eigenvalue weighted by Crippen LogP contribution is 2.22. The van der Waals surface area contributed by atoms with Crippen LogP contribution >= 0.6 is 0 Å². The lowest BCUT2D eigenvalue weighted by Crippen LogP contribution is -2.30. The summed E-state index contributed by atoms with van der Waals surface area (Å²) < 4.78 is 7.46. The number of aromatic nitrogens is 4. The van der Waals surface area contributed by atoms with Crippen molar-refractivity contribution in [1.29, 1.82) is 0 Å². The average molecular weight is 287 g/mol. The van der Waals surface area contributed by atoms with E-state index in [0.29, 0.717) is 6.10 Å². The Hall–Kier alpha value is -1.95. The van der Waals surface area contributed by atoms with Gasteiger partial charge in [-0.25, -0.2) is 9.97 Å². The predicted octanol–water partition coefficient (Wildman–Crippen LogP) is 1.80. The number of hydrogen-bond acceptors (Lipinski definition) is 5. The van der Waals surface area contributed by atoms with Crippen molar-refractivity contribution in [3.05, 3.63) is 24.2 Å². The molecule has 0 aliphatic carbocycles. The molecule has 1 saturated heterocycles. The largest absolute Gasteiger partial charge is 0.376 e. The molecule has 0 amide bonds. The molecule has 0 N–H and O–H groups in total. The molecule has 3 heterocycles. The third-order valence-corrected chi connectivity index (χ3v) is 3.78. The molecule has 0 aromatic carbocycles. The Kier molecular flexibility index (Phi) is 3.88. The molecule has 0 spiro atoms. The molecule has 0 unspecified atom stereocenters. The number of aryl methyl sites for hydroxylation is 2. The van der Waals surface area contributed by atoms with Crippen LogP contribution in [-0.4, -0.2) is 46.1 Å². The van der Waals surface area contributed by atoms with Gasteiger partial charge in [-0.1, -0.05) is 0 Å². The molecule has 0 bridgehead atoms. The Morgan fingerprint density at radius 1 is 1.43 bits per heavy atom. The smallest absolute Gasteiger partial charge is 0.225 e. The lowest BCUT2D eigenvalue weighted by molar-refractivity contribution is 0.116. The molecule has 6 heteroatoms. The second-order valence-electron chi connectivity index (χ2n) is 5.62. The van der Waals surface area contributed by atoms with Crippen LogP contribution in [0.3, 0.4) is 0 Å². The topological polar surface area (TPSA) is 56.1 Å². The van der Waals surface area contributed by atoms with Crippen LogP contribution in [-0.2, 0) is 11.8 Å². The SMILES string of the molecule is Cc1cnc(N(C)C[C@H]2CCCO2)nc1-c1cnn(C)c1. The first-order valence-corrected chi connectivity index (χ1v) is 7.29. The fourth-order valence-corrected chi connectivity index (χ4v) is 2.63. The van der Waals surface area contributed by atoms with E-state index in [-0.39, 0.29) is 0 Å². The van der Waals surface area contributed by atoms with Gasteiger partial charge in [-0.05, 0) is 25.3 Å². The van der Waals surface area contributed by atoms with Gasteiger partial charge >= 0.3 is 0 Å². The third-order valence-electron chi connectivity index (χ3n) is 3.78. The molecule has 1 fully saturated rings. The average Bonchev–Trinajstić information content (AvgIpc) is 3.11. The van der Waals surface area contributed by atoms with Gasteiger partial charge < -0.3 is 9.64 Å². The van der Waals surface area contributed by atoms with Gasteiger partial charge in [0.25, 0.3) is 0 Å². The van der Waals surface area contributed by atoms with Gasteiger partial charge in [-0.15, -0.1) is 0 Å². The molecular formula is C15H21N5O. The van der Waals surface area contributed by atoms with E-state index in [1.165, 1.54) is 0 Å². The Morgan fingerprint density at radius 2 is 2.29 bits per heavy atom. The van der Waals surface area contributed by atoms with Crippen LogP contribution < -0.4 is 4.90 Å². The van der Waals surface area contributed by atoms with E-state index < -0.39 is 0 Å². The third kappa shape index (κ3) is 3.05. The molecule has 3 rings (SSSR count). The number of ether oxygens (including phenoxy) is 1. The summed E-state index contributed by atoms with van der Waals surface area (Å²) in [5, 5.41) is 4.21. The molecular weight excluding hydrogens is 266 g/mol. The molecule has 1 atom stereocenters. The van der Waals surface area contributed by atoms with E-state index in [1.54, 1.807) is 4.68 Å². The van der Waals surface area contributed by atoms with Crippen LogP contribution in [0.2, 0.25) is 0 Å². The monoisotopic (exact) mass is 287 g/mol. The first-order valence-electron chi connectivity index (χ1n) is 7.29. The molecule has 112 valence electrons. The lowest BCUT2D eigenvalue weighted by atomic mass is 10.1. The van der Waals surface area contributed by atoms with Crippen LogP contribution in [0.1, 0.15) is 18.4 Å². The molecule has 2 aromatic heterocycles. The molecule has 0 saturated carbocycles. The second-order valence-corrected chi connectivity index (χ2v) is 5.62. The Balaban J connectivity index is 1.82. The second kappa shape index (κ2) is 5.81. The summed E-state index contributed by atoms with van der Waals surface area (Å²) in [6.07, 6.45) is 8.23. The maximum Gasteiger partial charge on any atom is 0.225 e. The summed E-state index contributed by atoms with van der Waals surface area (Å²) in [5.74, 6) is 0.731. The minimum atomic E-state index is 0.293. The highest BCUT2D eigenvalue weighted by molar-refractivity contribution is 5.62. The summed E-state index contributed by atoms with van der Waals surface area (Å²) in [6.45, 7) is 3.72. The molecule has 1 aliphatic rings. The van der Waals surface area contributed by atoms with Crippen LogP contribution in [0.15, 0.2) is 18.6 Å². The number of likely N-dealkylation sites (N-methyl/N-ethyl adjacent to an activating group) is 1. The van der Waals surface area contributed by atoms with Crippen molar-refractivity contribution < 1.29 is 4.74 Å². The molecule has 0 radical (unpaired) electrons. The van der Waals surface area contributed by atoms with Crippen molar-refractivity contribution in [3.63, 3.8) is 0 Å². The van der Waals surface area contributed by atoms with E-state index in [9.17, 15) is 0 Å². The standard InChI is InChI=1S/C15H21N5O/c1-11-7-16-15(19(2)10-13-5-4-6-21-13)18-14(11)12-8-17-20(3)9-12/h7-9,13H,4-6,10H2,1-3H3/t13-/m1/s1. The van der Waals surface area contributed by atoms with E-state index in [1.807, 2.05) is 39.6 Å². The van der Waals surface area contributed by atoms with Gasteiger partial charge in [-0.3, -0.25) is 4.68 Å². The predicted molar refractivity (Wildman–Crippen MR) is 81.2 cm³/mol. The fraction of sp³-hybridized carbons (Fsp3) is 0.533. The van der Waals surface area contributed by atoms with Crippen molar-refractivity contribution in [3.8, 4) is 11.3 Å². The summed E-state index contributed by atoms with van der Waals surface area (Å²) in [4.78, 5) is 11.2. The van der Waals surface area contributed by atoms with E-state index in [2.05, 4.69) is 15.0 Å². The quantitative estimate of drug-likeness (QED) is 0.858. The molecule has 1 aliphatic heterocycles. The van der Waals surface area contributed by atoms with Crippen LogP contribution in [0.25, 0.3) is 11.3 Å². The van der Waals surface area contributed by atoms with Crippen molar-refractivity contribution in [2.24, 2.45) is 7.05 Å². The lowest BCUT2D eigenvalue weighted by Gasteiger charge is -2.21. The summed E-state index contributed by atoms with van der Waals surface area (Å²) in [6, 6.07) is 0. The summed E-state index contributed by atoms with van der Waals surface area (Å²) in [7, 11) is 3.92. The number of anilines is 1. The van der Waals surface area contributed by atoms with E-state index in [0.717, 1.165) is 48.8 Å². The Labute approximate surface area is 124 Å². The summed E-state index contributed by atoms with van der Waals surface area (Å²) in [5.41, 5.74) is 3.01. The van der Waals surface area contributed by atoms with Crippen LogP contribution in [0.4, 0.5) is 5.95 Å². The van der Waals surface area contributed by atoms with Crippen LogP contribution in [0.5, 0.6) is 0 Å². The zero-order valence-electron chi connectivity index (χ0n) is 12.8. The maximum atomic E-state index is 5.68. The van der Waals surface area contributed by atoms with Gasteiger partial charge in [0.1, 0.15) is 0 Å². The van der Waals surface area contributed by atoms with Crippen molar-refractivity contribution in [2.75, 3.05) is 25.1 Å². The van der Waals surface area contributed by atoms with Crippen molar-refractivity contribution in [2.45, 2.75) is 25.9 Å². The van der Waals surface area contributed by atoms with Crippen molar-refractivity contribution in [1.82, 2.24) is 19.7 Å². The minimum absolute atomic E-state index is 0.293. The summed E-state index contributed by atoms with van der Waals surface area (Å²) >= 11 is 0. The van der Waals surface area contributed by atoms with Crippen LogP contribution in [0, 0.1) is 6.92 Å². The first-order chi connectivity index (χ1) is 10.1. The normalized spacial score (nSPS) is 18.1. The van der Waals surface area contributed by atoms with Gasteiger partial charge in [-0.2, -0.15) is 5.10 Å². The zero-order valence-corrected chi connectivity index (χ0v) is 12.8. The first kappa shape index (κ1) is 14.0. The highest BCUT2D eigenvalue weighted by atomic mass is 16.5. The Bertz CT molecular complexity index is 618. The van der Waals surface area contributed by atoms with Gasteiger partial charge in [0.2, 0.25) is 5.95 Å².